The van der Waals surface area contributed by atoms with Crippen molar-refractivity contribution in [1.82, 2.24) is 24.6 Å². The van der Waals surface area contributed by atoms with Gasteiger partial charge in [-0.1, -0.05) is 6.58 Å². The summed E-state index contributed by atoms with van der Waals surface area (Å²) in [6.07, 6.45) is 7.74. The van der Waals surface area contributed by atoms with Crippen LogP contribution in [0.5, 0.6) is 5.75 Å². The van der Waals surface area contributed by atoms with Crippen molar-refractivity contribution in [2.24, 2.45) is 0 Å². The lowest BCUT2D eigenvalue weighted by Crippen LogP contribution is -2.31. The lowest BCUT2D eigenvalue weighted by Gasteiger charge is -2.25. The largest absolute Gasteiger partial charge is 0.494 e. The molecule has 1 fully saturated rings. The van der Waals surface area contributed by atoms with E-state index in [1.165, 1.54) is 5.69 Å². The number of methoxy groups -OCH3 is 1. The molecule has 2 N–H and O–H groups in total. The minimum absolute atomic E-state index is 0.365. The van der Waals surface area contributed by atoms with Crippen molar-refractivity contribution in [3.8, 4) is 17.0 Å². The zero-order valence-corrected chi connectivity index (χ0v) is 22.0. The highest BCUT2D eigenvalue weighted by molar-refractivity contribution is 6.04. The number of aromatic nitrogens is 4. The summed E-state index contributed by atoms with van der Waals surface area (Å²) >= 11 is 0. The Hall–Kier alpha value is -3.99. The summed E-state index contributed by atoms with van der Waals surface area (Å²) in [5, 5.41) is 10.4. The Balaban J connectivity index is 1.48. The average Bonchev–Trinajstić information content (AvgIpc) is 3.57. The quantitative estimate of drug-likeness (QED) is 0.430. The summed E-state index contributed by atoms with van der Waals surface area (Å²) in [5.74, 6) is -1.04. The number of halogens is 1. The second-order valence-electron chi connectivity index (χ2n) is 9.86. The van der Waals surface area contributed by atoms with Gasteiger partial charge in [-0.2, -0.15) is 5.10 Å². The van der Waals surface area contributed by atoms with Crippen LogP contribution in [0.1, 0.15) is 25.0 Å². The van der Waals surface area contributed by atoms with E-state index < -0.39 is 11.7 Å². The number of likely N-dealkylation sites (N-methyl/N-ethyl adjacent to an activating group) is 1. The van der Waals surface area contributed by atoms with Gasteiger partial charge < -0.3 is 25.2 Å². The summed E-state index contributed by atoms with van der Waals surface area (Å²) in [5.41, 5.74) is 4.67. The molecule has 1 atom stereocenters. The number of anilines is 4. The molecule has 200 valence electrons. The smallest absolute Gasteiger partial charge is 0.283 e. The molecule has 38 heavy (non-hydrogen) atoms. The van der Waals surface area contributed by atoms with Crippen molar-refractivity contribution in [3.63, 3.8) is 0 Å². The molecule has 0 unspecified atom stereocenters. The highest BCUT2D eigenvalue weighted by Crippen LogP contribution is 2.40. The first-order valence-electron chi connectivity index (χ1n) is 12.8. The summed E-state index contributed by atoms with van der Waals surface area (Å²) in [7, 11) is 5.67. The van der Waals surface area contributed by atoms with E-state index in [0.29, 0.717) is 29.1 Å². The minimum atomic E-state index is -1.06. The van der Waals surface area contributed by atoms with Gasteiger partial charge in [-0.05, 0) is 51.9 Å². The molecule has 3 aromatic rings. The zero-order chi connectivity index (χ0) is 26.8. The van der Waals surface area contributed by atoms with Gasteiger partial charge in [-0.15, -0.1) is 0 Å². The molecule has 0 radical (unpaired) electrons. The van der Waals surface area contributed by atoms with Crippen LogP contribution in [0.25, 0.3) is 11.3 Å². The fourth-order valence-corrected chi connectivity index (χ4v) is 5.09. The zero-order valence-electron chi connectivity index (χ0n) is 22.0. The maximum Gasteiger partial charge on any atom is 0.283 e. The number of aryl methyl sites for hydroxylation is 1. The molecule has 11 heteroatoms. The van der Waals surface area contributed by atoms with Gasteiger partial charge in [0.25, 0.3) is 5.91 Å². The fraction of sp³-hybridized carbons (Fsp3) is 0.407. The molecule has 2 aliphatic rings. The number of benzene rings is 1. The number of fused-ring (bicyclic) bond motifs is 1. The van der Waals surface area contributed by atoms with E-state index in [1.807, 2.05) is 37.1 Å². The van der Waals surface area contributed by atoms with Crippen LogP contribution < -0.4 is 20.3 Å². The number of amides is 1. The third-order valence-corrected chi connectivity index (χ3v) is 7.21. The summed E-state index contributed by atoms with van der Waals surface area (Å²) < 4.78 is 21.4. The summed E-state index contributed by atoms with van der Waals surface area (Å²) in [6, 6.07) is 5.79. The molecule has 5 rings (SSSR count). The first-order chi connectivity index (χ1) is 18.3. The third-order valence-electron chi connectivity index (χ3n) is 7.21. The van der Waals surface area contributed by atoms with E-state index in [1.54, 1.807) is 19.4 Å². The molecule has 0 saturated carbocycles. The minimum Gasteiger partial charge on any atom is -0.494 e. The van der Waals surface area contributed by atoms with Crippen LogP contribution in [0, 0.1) is 0 Å². The van der Waals surface area contributed by atoms with Gasteiger partial charge in [0.2, 0.25) is 5.95 Å². The summed E-state index contributed by atoms with van der Waals surface area (Å²) in [4.78, 5) is 25.7. The van der Waals surface area contributed by atoms with Gasteiger partial charge in [-0.3, -0.25) is 9.48 Å². The van der Waals surface area contributed by atoms with Gasteiger partial charge in [-0.25, -0.2) is 14.4 Å². The maximum absolute atomic E-state index is 13.7. The Labute approximate surface area is 221 Å². The standard InChI is InChI=1S/C27H33FN8O2/c1-17(28)26(37)31-21-13-22(25(38-4)14-24(21)35-12-9-18(16-35)34(2)3)33-27-29-10-8-20(32-27)19-15-30-36-11-6-5-7-23(19)36/h8,10,13-15,18H,1,5-7,9,11-12,16H2,2-4H3,(H,31,37)(H,29,32,33)/t18-/m1/s1. The van der Waals surface area contributed by atoms with Gasteiger partial charge in [0, 0.05) is 49.2 Å². The Bertz CT molecular complexity index is 1350. The topological polar surface area (TPSA) is 100 Å². The number of nitrogens with zero attached hydrogens (tertiary/aromatic N) is 6. The number of ether oxygens (including phenoxy) is 1. The van der Waals surface area contributed by atoms with Crippen LogP contribution in [-0.4, -0.2) is 70.9 Å². The molecule has 4 heterocycles. The molecule has 1 amide bonds. The van der Waals surface area contributed by atoms with Crippen LogP contribution in [0.2, 0.25) is 0 Å². The Morgan fingerprint density at radius 3 is 2.82 bits per heavy atom. The second kappa shape index (κ2) is 10.8. The van der Waals surface area contributed by atoms with Crippen LogP contribution in [0.15, 0.2) is 43.0 Å². The predicted octanol–water partition coefficient (Wildman–Crippen LogP) is 3.99. The molecule has 0 spiro atoms. The molecule has 2 aliphatic heterocycles. The van der Waals surface area contributed by atoms with E-state index in [2.05, 4.69) is 37.1 Å². The molecule has 1 aromatic carbocycles. The van der Waals surface area contributed by atoms with Crippen molar-refractivity contribution in [2.75, 3.05) is 49.8 Å². The van der Waals surface area contributed by atoms with E-state index in [-0.39, 0.29) is 0 Å². The lowest BCUT2D eigenvalue weighted by atomic mass is 10.0. The number of rotatable bonds is 8. The molecule has 2 aromatic heterocycles. The molecule has 1 saturated heterocycles. The molecule has 0 aliphatic carbocycles. The van der Waals surface area contributed by atoms with Crippen molar-refractivity contribution >= 4 is 28.9 Å². The monoisotopic (exact) mass is 520 g/mol. The number of carbonyl (C=O) groups excluding carboxylic acids is 1. The fourth-order valence-electron chi connectivity index (χ4n) is 5.09. The maximum atomic E-state index is 13.7. The molecule has 10 nitrogen and oxygen atoms in total. The van der Waals surface area contributed by atoms with Crippen LogP contribution >= 0.6 is 0 Å². The SMILES string of the molecule is C=C(F)C(=O)Nc1cc(Nc2nccc(-c3cnn4c3CCCC4)n2)c(OC)cc1N1CC[C@@H](N(C)C)C1. The average molecular weight is 521 g/mol. The first kappa shape index (κ1) is 25.7. The number of hydrogen-bond acceptors (Lipinski definition) is 8. The number of carbonyl (C=O) groups is 1. The molecular formula is C27H33FN8O2. The lowest BCUT2D eigenvalue weighted by molar-refractivity contribution is -0.114. The van der Waals surface area contributed by atoms with E-state index in [4.69, 9.17) is 9.72 Å². The van der Waals surface area contributed by atoms with Gasteiger partial charge in [0.1, 0.15) is 5.75 Å². The highest BCUT2D eigenvalue weighted by atomic mass is 19.1. The summed E-state index contributed by atoms with van der Waals surface area (Å²) in [6.45, 7) is 5.61. The predicted molar refractivity (Wildman–Crippen MR) is 146 cm³/mol. The van der Waals surface area contributed by atoms with E-state index in [0.717, 1.165) is 62.3 Å². The highest BCUT2D eigenvalue weighted by Gasteiger charge is 2.28. The van der Waals surface area contributed by atoms with E-state index >= 15 is 0 Å². The van der Waals surface area contributed by atoms with E-state index in [9.17, 15) is 9.18 Å². The third kappa shape index (κ3) is 5.19. The van der Waals surface area contributed by atoms with Crippen molar-refractivity contribution in [2.45, 2.75) is 38.3 Å². The first-order valence-corrected chi connectivity index (χ1v) is 12.8. The normalized spacial score (nSPS) is 16.9. The number of hydrogen-bond donors (Lipinski definition) is 2. The second-order valence-corrected chi connectivity index (χ2v) is 9.86. The Morgan fingerprint density at radius 2 is 2.08 bits per heavy atom. The Morgan fingerprint density at radius 1 is 1.24 bits per heavy atom. The van der Waals surface area contributed by atoms with Gasteiger partial charge >= 0.3 is 0 Å². The molecule has 0 bridgehead atoms. The van der Waals surface area contributed by atoms with Crippen LogP contribution in [0.4, 0.5) is 27.4 Å². The van der Waals surface area contributed by atoms with Crippen LogP contribution in [-0.2, 0) is 17.8 Å². The van der Waals surface area contributed by atoms with Crippen molar-refractivity contribution < 1.29 is 13.9 Å². The van der Waals surface area contributed by atoms with Gasteiger partial charge in [0.05, 0.1) is 36.1 Å². The van der Waals surface area contributed by atoms with Crippen LogP contribution in [0.3, 0.4) is 0 Å². The van der Waals surface area contributed by atoms with Crippen molar-refractivity contribution in [3.05, 3.63) is 48.7 Å². The number of nitrogens with one attached hydrogen (secondary N) is 2. The molecular weight excluding hydrogens is 487 g/mol. The Kier molecular flexibility index (Phi) is 7.28. The van der Waals surface area contributed by atoms with Crippen molar-refractivity contribution in [1.29, 1.82) is 0 Å². The van der Waals surface area contributed by atoms with Gasteiger partial charge in [0.15, 0.2) is 5.83 Å².